The number of anilines is 6. The zero-order chi connectivity index (χ0) is 41.6. The van der Waals surface area contributed by atoms with E-state index in [1.54, 1.807) is 32.0 Å². The Bertz CT molecular complexity index is 2090. The minimum atomic E-state index is -3.59. The summed E-state index contributed by atoms with van der Waals surface area (Å²) in [6, 6.07) is 12.5. The molecule has 2 aromatic carbocycles. The number of carbonyl (C=O) groups is 4. The van der Waals surface area contributed by atoms with Crippen molar-refractivity contribution in [3.63, 3.8) is 0 Å². The van der Waals surface area contributed by atoms with Gasteiger partial charge in [0.2, 0.25) is 17.8 Å². The van der Waals surface area contributed by atoms with Crippen LogP contribution in [0.15, 0.2) is 48.7 Å². The van der Waals surface area contributed by atoms with Gasteiger partial charge in [0.15, 0.2) is 5.82 Å². The van der Waals surface area contributed by atoms with Gasteiger partial charge in [0, 0.05) is 94.8 Å². The fourth-order valence-corrected chi connectivity index (χ4v) is 8.63. The van der Waals surface area contributed by atoms with Crippen LogP contribution in [0.1, 0.15) is 37.0 Å². The zero-order valence-corrected chi connectivity index (χ0v) is 33.7. The molecule has 4 atom stereocenters. The van der Waals surface area contributed by atoms with Gasteiger partial charge in [0.1, 0.15) is 17.5 Å². The smallest absolute Gasteiger partial charge is 0.342 e. The number of amides is 4. The van der Waals surface area contributed by atoms with Gasteiger partial charge < -0.3 is 40.3 Å². The standard InChI is InChI=1S/C41H51F2N11O5/c1-24(2)54-23-41(42,43)39(58)50(3)32-20-44-40(49-36(32)54)46-30-10-5-25(19-33(30)59-4)37(56)48-35-28-21-52(22-29(28)35)14-13-51-15-17-53(18-16-51)27-8-6-26(7-9-27)45-31-11-12-34(55)47-38(31)57/h5-10,19-20,24,28-29,31,35,45H,11-18,21-23H2,1-4H3,(H,48,56)(H,44,46,49)(H,47,55,57)/t28-,29+,31?,35?. The van der Waals surface area contributed by atoms with E-state index in [0.29, 0.717) is 41.7 Å². The Hall–Kier alpha value is -5.62. The number of imide groups is 1. The number of ether oxygens (including phenoxy) is 1. The number of halogens is 2. The predicted octanol–water partition coefficient (Wildman–Crippen LogP) is 2.75. The Morgan fingerprint density at radius 1 is 1.00 bits per heavy atom. The van der Waals surface area contributed by atoms with Crippen molar-refractivity contribution in [2.75, 3.05) is 98.4 Å². The molecule has 3 saturated heterocycles. The largest absolute Gasteiger partial charge is 0.495 e. The number of likely N-dealkylation sites (tertiary alicyclic amines) is 1. The molecule has 1 aromatic heterocycles. The maximum absolute atomic E-state index is 14.7. The fraction of sp³-hybridized carbons (Fsp3) is 0.512. The molecule has 59 heavy (non-hydrogen) atoms. The van der Waals surface area contributed by atoms with Gasteiger partial charge in [0.05, 0.1) is 25.5 Å². The van der Waals surface area contributed by atoms with E-state index >= 15 is 0 Å². The zero-order valence-electron chi connectivity index (χ0n) is 33.7. The number of aromatic nitrogens is 2. The number of benzene rings is 2. The highest BCUT2D eigenvalue weighted by Gasteiger charge is 2.56. The molecular formula is C41H51F2N11O5. The summed E-state index contributed by atoms with van der Waals surface area (Å²) in [7, 11) is 2.78. The molecule has 0 spiro atoms. The molecule has 4 N–H and O–H groups in total. The lowest BCUT2D eigenvalue weighted by atomic mass is 10.1. The van der Waals surface area contributed by atoms with Gasteiger partial charge in [0.25, 0.3) is 11.8 Å². The first-order valence-electron chi connectivity index (χ1n) is 20.2. The Kier molecular flexibility index (Phi) is 11.0. The van der Waals surface area contributed by atoms with Crippen molar-refractivity contribution in [1.82, 2.24) is 30.4 Å². The molecule has 5 heterocycles. The molecule has 18 heteroatoms. The summed E-state index contributed by atoms with van der Waals surface area (Å²) in [5.41, 5.74) is 3.12. The third-order valence-electron chi connectivity index (χ3n) is 12.2. The van der Waals surface area contributed by atoms with Crippen LogP contribution in [0.25, 0.3) is 0 Å². The van der Waals surface area contributed by atoms with E-state index < -0.39 is 24.4 Å². The van der Waals surface area contributed by atoms with Crippen molar-refractivity contribution in [2.24, 2.45) is 11.8 Å². The van der Waals surface area contributed by atoms with Gasteiger partial charge in [-0.05, 0) is 74.6 Å². The lowest BCUT2D eigenvalue weighted by Crippen LogP contribution is -2.48. The molecule has 1 saturated carbocycles. The molecule has 4 aliphatic heterocycles. The van der Waals surface area contributed by atoms with Crippen molar-refractivity contribution in [2.45, 2.75) is 50.7 Å². The molecule has 2 unspecified atom stereocenters. The van der Waals surface area contributed by atoms with E-state index in [1.165, 1.54) is 25.3 Å². The summed E-state index contributed by atoms with van der Waals surface area (Å²) in [6.45, 7) is 10.4. The van der Waals surface area contributed by atoms with Crippen LogP contribution in [0.2, 0.25) is 0 Å². The van der Waals surface area contributed by atoms with Crippen LogP contribution in [0.3, 0.4) is 0 Å². The second kappa shape index (κ2) is 16.2. The lowest BCUT2D eigenvalue weighted by molar-refractivity contribution is -0.140. The van der Waals surface area contributed by atoms with Crippen LogP contribution in [0.5, 0.6) is 5.75 Å². The van der Waals surface area contributed by atoms with Crippen molar-refractivity contribution < 1.29 is 32.7 Å². The molecule has 314 valence electrons. The molecule has 16 nitrogen and oxygen atoms in total. The Labute approximate surface area is 341 Å². The van der Waals surface area contributed by atoms with E-state index in [2.05, 4.69) is 58.1 Å². The van der Waals surface area contributed by atoms with Gasteiger partial charge in [-0.15, -0.1) is 0 Å². The van der Waals surface area contributed by atoms with Crippen LogP contribution in [-0.4, -0.2) is 141 Å². The number of methoxy groups -OCH3 is 1. The molecule has 8 rings (SSSR count). The van der Waals surface area contributed by atoms with Gasteiger partial charge >= 0.3 is 5.92 Å². The maximum atomic E-state index is 14.7. The highest BCUT2D eigenvalue weighted by atomic mass is 19.3. The summed E-state index contributed by atoms with van der Waals surface area (Å²) in [5, 5.41) is 11.9. The second-order valence-electron chi connectivity index (χ2n) is 16.3. The van der Waals surface area contributed by atoms with Crippen LogP contribution in [0.4, 0.5) is 43.3 Å². The van der Waals surface area contributed by atoms with E-state index in [-0.39, 0.29) is 47.3 Å². The van der Waals surface area contributed by atoms with E-state index in [9.17, 15) is 28.0 Å². The lowest BCUT2D eigenvalue weighted by Gasteiger charge is -2.37. The average Bonchev–Trinajstić information content (AvgIpc) is 3.67. The van der Waals surface area contributed by atoms with Crippen LogP contribution < -0.4 is 40.7 Å². The number of hydrogen-bond acceptors (Lipinski definition) is 13. The quantitative estimate of drug-likeness (QED) is 0.198. The predicted molar refractivity (Wildman–Crippen MR) is 219 cm³/mol. The highest BCUT2D eigenvalue weighted by Crippen LogP contribution is 2.45. The van der Waals surface area contributed by atoms with Crippen LogP contribution in [0, 0.1) is 11.8 Å². The number of rotatable bonds is 12. The number of hydrogen-bond donors (Lipinski definition) is 4. The van der Waals surface area contributed by atoms with E-state index in [1.807, 2.05) is 12.1 Å². The first-order chi connectivity index (χ1) is 28.3. The molecule has 3 aromatic rings. The van der Waals surface area contributed by atoms with Gasteiger partial charge in [-0.3, -0.25) is 29.4 Å². The van der Waals surface area contributed by atoms with Crippen LogP contribution >= 0.6 is 0 Å². The number of nitrogens with one attached hydrogen (secondary N) is 4. The summed E-state index contributed by atoms with van der Waals surface area (Å²) in [5.74, 6) is -4.02. The Morgan fingerprint density at radius 2 is 1.71 bits per heavy atom. The third-order valence-corrected chi connectivity index (χ3v) is 12.2. The number of piperazine rings is 1. The normalized spacial score (nSPS) is 24.3. The minimum absolute atomic E-state index is 0.124. The van der Waals surface area contributed by atoms with Crippen LogP contribution in [-0.2, 0) is 14.4 Å². The Balaban J connectivity index is 0.781. The van der Waals surface area contributed by atoms with Gasteiger partial charge in [-0.1, -0.05) is 0 Å². The van der Waals surface area contributed by atoms with E-state index in [0.717, 1.165) is 68.6 Å². The molecule has 1 aliphatic carbocycles. The van der Waals surface area contributed by atoms with Gasteiger partial charge in [-0.2, -0.15) is 13.8 Å². The second-order valence-corrected chi connectivity index (χ2v) is 16.3. The highest BCUT2D eigenvalue weighted by molar-refractivity contribution is 6.02. The van der Waals surface area contributed by atoms with Crippen molar-refractivity contribution >= 4 is 58.1 Å². The van der Waals surface area contributed by atoms with Crippen molar-refractivity contribution in [3.05, 3.63) is 54.2 Å². The molecule has 4 fully saturated rings. The van der Waals surface area contributed by atoms with Crippen molar-refractivity contribution in [3.8, 4) is 5.75 Å². The fourth-order valence-electron chi connectivity index (χ4n) is 8.63. The first kappa shape index (κ1) is 40.2. The Morgan fingerprint density at radius 3 is 2.39 bits per heavy atom. The van der Waals surface area contributed by atoms with Gasteiger partial charge in [-0.25, -0.2) is 4.98 Å². The number of alkyl halides is 2. The average molecular weight is 816 g/mol. The summed E-state index contributed by atoms with van der Waals surface area (Å²) < 4.78 is 35.1. The molecule has 4 amide bonds. The molecule has 5 aliphatic rings. The first-order valence-corrected chi connectivity index (χ1v) is 20.2. The minimum Gasteiger partial charge on any atom is -0.495 e. The monoisotopic (exact) mass is 815 g/mol. The SMILES string of the molecule is COc1cc(C(=O)NC2[C@H]3CN(CCN4CCN(c5ccc(NC6CCC(=O)NC6=O)cc5)CC4)C[C@@H]23)ccc1Nc1ncc2c(n1)N(C(C)C)CC(F)(F)C(=O)N2C. The number of piperidine rings is 2. The van der Waals surface area contributed by atoms with E-state index in [4.69, 9.17) is 4.74 Å². The maximum Gasteiger partial charge on any atom is 0.342 e. The summed E-state index contributed by atoms with van der Waals surface area (Å²) in [4.78, 5) is 67.9. The molecule has 0 bridgehead atoms. The summed E-state index contributed by atoms with van der Waals surface area (Å²) >= 11 is 0. The molecule has 0 radical (unpaired) electrons. The third kappa shape index (κ3) is 8.46. The topological polar surface area (TPSA) is 168 Å². The summed E-state index contributed by atoms with van der Waals surface area (Å²) in [6.07, 6.45) is 2.18. The van der Waals surface area contributed by atoms with Crippen molar-refractivity contribution in [1.29, 1.82) is 0 Å². The number of nitrogens with zero attached hydrogens (tertiary/aromatic N) is 7. The molecular weight excluding hydrogens is 765 g/mol. The number of fused-ring (bicyclic) bond motifs is 2. The number of carbonyl (C=O) groups excluding carboxylic acids is 4.